The quantitative estimate of drug-likeness (QED) is 0.764. The summed E-state index contributed by atoms with van der Waals surface area (Å²) in [7, 11) is 0. The molecule has 0 atom stereocenters. The molecule has 2 aromatic rings. The Labute approximate surface area is 162 Å². The predicted molar refractivity (Wildman–Crippen MR) is 108 cm³/mol. The molecule has 138 valence electrons. The second-order valence-corrected chi connectivity index (χ2v) is 8.46. The van der Waals surface area contributed by atoms with E-state index >= 15 is 0 Å². The standard InChI is InChI=1S/C20H22N6S/c21-15-5-2-6-16(10-15)27-20-25-18(13-7-8-13)24-19(26-20)23-17-9-14(11-22-17)12-3-1-4-12/h2,5-6,9-10,12-13H,1,3-4,7-8,11,21H2,(H,22,23,24,25,26). The molecule has 2 aliphatic carbocycles. The smallest absolute Gasteiger partial charge is 0.232 e. The normalized spacial score (nSPS) is 19.4. The minimum Gasteiger partial charge on any atom is -0.399 e. The van der Waals surface area contributed by atoms with Crippen molar-refractivity contribution in [3.05, 3.63) is 41.7 Å². The van der Waals surface area contributed by atoms with E-state index in [-0.39, 0.29) is 0 Å². The molecule has 1 aromatic heterocycles. The number of aliphatic imine (C=N–C) groups is 1. The number of hydrogen-bond donors (Lipinski definition) is 2. The molecule has 2 saturated carbocycles. The molecule has 27 heavy (non-hydrogen) atoms. The van der Waals surface area contributed by atoms with Crippen LogP contribution in [0, 0.1) is 5.92 Å². The Morgan fingerprint density at radius 3 is 2.67 bits per heavy atom. The van der Waals surface area contributed by atoms with Gasteiger partial charge in [0, 0.05) is 16.5 Å². The molecule has 3 N–H and O–H groups in total. The lowest BCUT2D eigenvalue weighted by Gasteiger charge is -2.26. The first-order chi connectivity index (χ1) is 13.2. The fourth-order valence-corrected chi connectivity index (χ4v) is 4.16. The summed E-state index contributed by atoms with van der Waals surface area (Å²) in [4.78, 5) is 19.6. The van der Waals surface area contributed by atoms with Crippen LogP contribution in [0.1, 0.15) is 43.8 Å². The van der Waals surface area contributed by atoms with Gasteiger partial charge in [-0.15, -0.1) is 0 Å². The number of rotatable bonds is 5. The maximum absolute atomic E-state index is 5.89. The zero-order valence-electron chi connectivity index (χ0n) is 15.1. The van der Waals surface area contributed by atoms with Gasteiger partial charge in [-0.1, -0.05) is 12.5 Å². The Morgan fingerprint density at radius 2 is 1.93 bits per heavy atom. The van der Waals surface area contributed by atoms with Gasteiger partial charge in [0.25, 0.3) is 0 Å². The van der Waals surface area contributed by atoms with Gasteiger partial charge in [0.1, 0.15) is 11.7 Å². The van der Waals surface area contributed by atoms with Crippen molar-refractivity contribution >= 4 is 29.2 Å². The molecule has 0 spiro atoms. The molecule has 2 heterocycles. The average Bonchev–Trinajstić information content (AvgIpc) is 3.35. The van der Waals surface area contributed by atoms with Gasteiger partial charge in [0.2, 0.25) is 5.95 Å². The molecule has 0 unspecified atom stereocenters. The number of amidine groups is 1. The Balaban J connectivity index is 1.37. The Hall–Kier alpha value is -2.41. The average molecular weight is 379 g/mol. The van der Waals surface area contributed by atoms with E-state index in [0.717, 1.165) is 47.5 Å². The largest absolute Gasteiger partial charge is 0.399 e. The van der Waals surface area contributed by atoms with Crippen LogP contribution in [0.3, 0.4) is 0 Å². The van der Waals surface area contributed by atoms with E-state index in [2.05, 4.69) is 31.3 Å². The van der Waals surface area contributed by atoms with Gasteiger partial charge in [0.15, 0.2) is 5.16 Å². The molecule has 2 fully saturated rings. The Kier molecular flexibility index (Phi) is 4.32. The molecule has 5 rings (SSSR count). The maximum atomic E-state index is 5.89. The zero-order valence-corrected chi connectivity index (χ0v) is 15.9. The molecule has 0 bridgehead atoms. The molecule has 1 aromatic carbocycles. The van der Waals surface area contributed by atoms with Gasteiger partial charge in [0.05, 0.1) is 6.54 Å². The fourth-order valence-electron chi connectivity index (χ4n) is 3.34. The molecule has 0 amide bonds. The SMILES string of the molecule is Nc1cccc(Sc2nc(NC3=NCC(C4CCC4)=C3)nc(C3CC3)n2)c1. The third kappa shape index (κ3) is 3.83. The summed E-state index contributed by atoms with van der Waals surface area (Å²) in [6.07, 6.45) is 8.42. The van der Waals surface area contributed by atoms with E-state index in [4.69, 9.17) is 5.73 Å². The third-order valence-corrected chi connectivity index (χ3v) is 6.12. The zero-order chi connectivity index (χ0) is 18.2. The number of benzene rings is 1. The van der Waals surface area contributed by atoms with Gasteiger partial charge in [-0.25, -0.2) is 4.98 Å². The van der Waals surface area contributed by atoms with Crippen molar-refractivity contribution in [1.29, 1.82) is 0 Å². The number of nitrogens with zero attached hydrogens (tertiary/aromatic N) is 4. The fraction of sp³-hybridized carbons (Fsp3) is 0.400. The number of nitrogens with two attached hydrogens (primary N) is 1. The first-order valence-electron chi connectivity index (χ1n) is 9.54. The molecule has 0 radical (unpaired) electrons. The highest BCUT2D eigenvalue weighted by Crippen LogP contribution is 2.39. The molecule has 6 nitrogen and oxygen atoms in total. The minimum absolute atomic E-state index is 0.459. The monoisotopic (exact) mass is 378 g/mol. The van der Waals surface area contributed by atoms with E-state index in [1.807, 2.05) is 24.3 Å². The van der Waals surface area contributed by atoms with E-state index < -0.39 is 0 Å². The van der Waals surface area contributed by atoms with E-state index in [1.54, 1.807) is 0 Å². The molecular weight excluding hydrogens is 356 g/mol. The number of nitrogen functional groups attached to an aromatic ring is 1. The molecule has 3 aliphatic rings. The van der Waals surface area contributed by atoms with Crippen molar-refractivity contribution in [1.82, 2.24) is 15.0 Å². The first-order valence-corrected chi connectivity index (χ1v) is 10.4. The van der Waals surface area contributed by atoms with Gasteiger partial charge in [-0.05, 0) is 73.2 Å². The highest BCUT2D eigenvalue weighted by Gasteiger charge is 2.28. The van der Waals surface area contributed by atoms with Crippen LogP contribution in [0.5, 0.6) is 0 Å². The van der Waals surface area contributed by atoms with Crippen LogP contribution in [0.15, 0.2) is 51.0 Å². The van der Waals surface area contributed by atoms with Crippen molar-refractivity contribution < 1.29 is 0 Å². The van der Waals surface area contributed by atoms with Crippen LogP contribution < -0.4 is 11.1 Å². The van der Waals surface area contributed by atoms with Crippen molar-refractivity contribution in [2.75, 3.05) is 17.6 Å². The number of hydrogen-bond acceptors (Lipinski definition) is 7. The van der Waals surface area contributed by atoms with Crippen molar-refractivity contribution in [2.24, 2.45) is 10.9 Å². The lowest BCUT2D eigenvalue weighted by molar-refractivity contribution is 0.366. The minimum atomic E-state index is 0.459. The van der Waals surface area contributed by atoms with Crippen LogP contribution in [0.4, 0.5) is 11.6 Å². The van der Waals surface area contributed by atoms with Gasteiger partial charge >= 0.3 is 0 Å². The lowest BCUT2D eigenvalue weighted by Crippen LogP contribution is -2.15. The van der Waals surface area contributed by atoms with Crippen LogP contribution in [-0.4, -0.2) is 27.3 Å². The Morgan fingerprint density at radius 1 is 1.04 bits per heavy atom. The summed E-state index contributed by atoms with van der Waals surface area (Å²) in [6, 6.07) is 7.78. The van der Waals surface area contributed by atoms with Crippen LogP contribution in [0.2, 0.25) is 0 Å². The maximum Gasteiger partial charge on any atom is 0.232 e. The first kappa shape index (κ1) is 16.7. The number of nitrogens with one attached hydrogen (secondary N) is 1. The number of aromatic nitrogens is 3. The number of anilines is 2. The lowest BCUT2D eigenvalue weighted by atomic mass is 9.80. The third-order valence-electron chi connectivity index (χ3n) is 5.27. The summed E-state index contributed by atoms with van der Waals surface area (Å²) in [5.74, 6) is 3.51. The van der Waals surface area contributed by atoms with Crippen molar-refractivity contribution in [2.45, 2.75) is 48.1 Å². The summed E-state index contributed by atoms with van der Waals surface area (Å²) >= 11 is 1.51. The summed E-state index contributed by atoms with van der Waals surface area (Å²) in [5, 5.41) is 4.00. The molecule has 7 heteroatoms. The van der Waals surface area contributed by atoms with Crippen molar-refractivity contribution in [3.63, 3.8) is 0 Å². The van der Waals surface area contributed by atoms with Crippen LogP contribution >= 0.6 is 11.8 Å². The topological polar surface area (TPSA) is 89.1 Å². The highest BCUT2D eigenvalue weighted by atomic mass is 32.2. The second-order valence-electron chi connectivity index (χ2n) is 7.42. The van der Waals surface area contributed by atoms with E-state index in [9.17, 15) is 0 Å². The summed E-state index contributed by atoms with van der Waals surface area (Å²) in [5.41, 5.74) is 8.07. The predicted octanol–water partition coefficient (Wildman–Crippen LogP) is 4.03. The van der Waals surface area contributed by atoms with Crippen LogP contribution in [-0.2, 0) is 0 Å². The second kappa shape index (κ2) is 6.96. The van der Waals surface area contributed by atoms with Gasteiger partial charge < -0.3 is 11.1 Å². The highest BCUT2D eigenvalue weighted by molar-refractivity contribution is 7.99. The van der Waals surface area contributed by atoms with E-state index in [1.165, 1.54) is 36.6 Å². The summed E-state index contributed by atoms with van der Waals surface area (Å²) < 4.78 is 0. The molecule has 1 aliphatic heterocycles. The molecular formula is C20H22N6S. The van der Waals surface area contributed by atoms with E-state index in [0.29, 0.717) is 17.0 Å². The Bertz CT molecular complexity index is 930. The molecule has 0 saturated heterocycles. The van der Waals surface area contributed by atoms with Crippen LogP contribution in [0.25, 0.3) is 0 Å². The summed E-state index contributed by atoms with van der Waals surface area (Å²) in [6.45, 7) is 0.804. The van der Waals surface area contributed by atoms with Crippen molar-refractivity contribution in [3.8, 4) is 0 Å². The van der Waals surface area contributed by atoms with Gasteiger partial charge in [-0.3, -0.25) is 4.99 Å². The van der Waals surface area contributed by atoms with Gasteiger partial charge in [-0.2, -0.15) is 9.97 Å².